The van der Waals surface area contributed by atoms with Crippen LogP contribution in [0.2, 0.25) is 0 Å². The lowest BCUT2D eigenvalue weighted by Crippen LogP contribution is -2.52. The number of benzene rings is 1. The van der Waals surface area contributed by atoms with Gasteiger partial charge in [-0.15, -0.1) is 0 Å². The molecular formula is C36H56N5O9P. The molecule has 1 aliphatic rings. The molecule has 14 nitrogen and oxygen atoms in total. The van der Waals surface area contributed by atoms with E-state index in [2.05, 4.69) is 36.4 Å². The van der Waals surface area contributed by atoms with Gasteiger partial charge in [0.25, 0.3) is 8.53 Å². The number of esters is 3. The van der Waals surface area contributed by atoms with Crippen molar-refractivity contribution >= 4 is 26.4 Å². The molecule has 1 aromatic rings. The molecular weight excluding hydrogens is 677 g/mol. The first-order valence-electron chi connectivity index (χ1n) is 17.4. The van der Waals surface area contributed by atoms with Gasteiger partial charge in [0.2, 0.25) is 0 Å². The van der Waals surface area contributed by atoms with Crippen molar-refractivity contribution in [1.82, 2.24) is 19.4 Å². The van der Waals surface area contributed by atoms with Crippen molar-refractivity contribution in [3.63, 3.8) is 0 Å². The molecule has 0 radical (unpaired) electrons. The predicted molar refractivity (Wildman–Crippen MR) is 194 cm³/mol. The van der Waals surface area contributed by atoms with E-state index >= 15 is 0 Å². The first-order chi connectivity index (χ1) is 24.6. The number of methoxy groups -OCH3 is 3. The first kappa shape index (κ1) is 43.8. The van der Waals surface area contributed by atoms with Crippen LogP contribution in [-0.2, 0) is 37.6 Å². The van der Waals surface area contributed by atoms with Gasteiger partial charge >= 0.3 is 17.9 Å². The summed E-state index contributed by atoms with van der Waals surface area (Å²) in [7, 11) is 4.85. The average Bonchev–Trinajstić information content (AvgIpc) is 3.14. The summed E-state index contributed by atoms with van der Waals surface area (Å²) in [4.78, 5) is 42.4. The molecule has 1 fully saturated rings. The number of hydrogen-bond donors (Lipinski definition) is 0. The van der Waals surface area contributed by atoms with Gasteiger partial charge in [-0.3, -0.25) is 29.1 Å². The van der Waals surface area contributed by atoms with Crippen LogP contribution in [0.4, 0.5) is 0 Å². The van der Waals surface area contributed by atoms with E-state index in [0.717, 1.165) is 18.4 Å². The van der Waals surface area contributed by atoms with Crippen LogP contribution in [0, 0.1) is 23.2 Å². The maximum atomic E-state index is 12.3. The number of rotatable bonds is 19. The Bertz CT molecular complexity index is 1250. The molecule has 0 saturated carbocycles. The molecule has 0 aromatic heterocycles. The molecule has 2 unspecified atom stereocenters. The summed E-state index contributed by atoms with van der Waals surface area (Å²) in [5.41, 5.74) is 0.846. The van der Waals surface area contributed by atoms with E-state index in [0.29, 0.717) is 83.5 Å². The number of ether oxygens (including phenoxy) is 4. The monoisotopic (exact) mass is 733 g/mol. The van der Waals surface area contributed by atoms with Crippen molar-refractivity contribution < 1.29 is 42.4 Å². The molecule has 1 aliphatic heterocycles. The number of unbranched alkanes of at least 4 members (excludes halogenated alkanes) is 2. The summed E-state index contributed by atoms with van der Waals surface area (Å²) in [6.45, 7) is 8.22. The van der Waals surface area contributed by atoms with Crippen molar-refractivity contribution in [2.75, 3.05) is 100 Å². The highest BCUT2D eigenvalue weighted by Gasteiger charge is 2.26. The normalized spacial score (nSPS) is 16.3. The van der Waals surface area contributed by atoms with Crippen LogP contribution in [0.1, 0.15) is 51.5 Å². The van der Waals surface area contributed by atoms with E-state index in [-0.39, 0.29) is 37.5 Å². The van der Waals surface area contributed by atoms with Crippen LogP contribution < -0.4 is 4.74 Å². The smallest absolute Gasteiger partial charge is 0.319 e. The number of carbonyl (C=O) groups excluding carboxylic acids is 3. The Morgan fingerprint density at radius 3 is 1.82 bits per heavy atom. The highest BCUT2D eigenvalue weighted by molar-refractivity contribution is 7.44. The Hall–Kier alpha value is -3.33. The van der Waals surface area contributed by atoms with Crippen LogP contribution >= 0.6 is 8.53 Å². The lowest BCUT2D eigenvalue weighted by molar-refractivity contribution is -0.144. The fourth-order valence-corrected chi connectivity index (χ4v) is 6.47. The Balaban J connectivity index is 2.05. The van der Waals surface area contributed by atoms with E-state index in [9.17, 15) is 14.4 Å². The van der Waals surface area contributed by atoms with Crippen LogP contribution in [0.3, 0.4) is 0 Å². The molecule has 0 aliphatic carbocycles. The summed E-state index contributed by atoms with van der Waals surface area (Å²) in [6, 6.07) is 9.99. The van der Waals surface area contributed by atoms with Crippen molar-refractivity contribution in [3.8, 4) is 23.7 Å². The van der Waals surface area contributed by atoms with Crippen LogP contribution in [0.25, 0.3) is 0 Å². The lowest BCUT2D eigenvalue weighted by atomic mass is 10.2. The zero-order valence-electron chi connectivity index (χ0n) is 31.1. The van der Waals surface area contributed by atoms with Crippen molar-refractivity contribution in [2.24, 2.45) is 0 Å². The number of carbonyl (C=O) groups is 3. The fraction of sp³-hybridized carbons (Fsp3) is 0.667. The van der Waals surface area contributed by atoms with Crippen molar-refractivity contribution in [2.45, 2.75) is 58.1 Å². The lowest BCUT2D eigenvalue weighted by Gasteiger charge is -2.35. The van der Waals surface area contributed by atoms with E-state index < -0.39 is 14.6 Å². The van der Waals surface area contributed by atoms with Gasteiger partial charge in [-0.25, -0.2) is 4.67 Å². The van der Waals surface area contributed by atoms with E-state index in [1.807, 2.05) is 46.0 Å². The molecule has 2 rings (SSSR count). The third-order valence-corrected chi connectivity index (χ3v) is 10.0. The van der Waals surface area contributed by atoms with Gasteiger partial charge in [-0.2, -0.15) is 5.26 Å². The Morgan fingerprint density at radius 1 is 0.843 bits per heavy atom. The molecule has 51 heavy (non-hydrogen) atoms. The largest absolute Gasteiger partial charge is 0.488 e. The van der Waals surface area contributed by atoms with Crippen LogP contribution in [-0.4, -0.2) is 150 Å². The molecule has 0 N–H and O–H groups in total. The molecule has 0 amide bonds. The number of hydrogen-bond acceptors (Lipinski definition) is 14. The maximum absolute atomic E-state index is 12.3. The second kappa shape index (κ2) is 25.6. The molecule has 2 atom stereocenters. The Labute approximate surface area is 305 Å². The molecule has 1 heterocycles. The van der Waals surface area contributed by atoms with Crippen molar-refractivity contribution in [1.29, 1.82) is 5.26 Å². The van der Waals surface area contributed by atoms with Gasteiger partial charge in [0.1, 0.15) is 11.9 Å². The summed E-state index contributed by atoms with van der Waals surface area (Å²) in [5, 5.41) is 8.80. The fourth-order valence-electron chi connectivity index (χ4n) is 4.97. The summed E-state index contributed by atoms with van der Waals surface area (Å²) < 4.78 is 35.4. The van der Waals surface area contributed by atoms with Crippen LogP contribution in [0.15, 0.2) is 24.3 Å². The molecule has 0 spiro atoms. The second-order valence-electron chi connectivity index (χ2n) is 12.1. The molecule has 0 bridgehead atoms. The zero-order chi connectivity index (χ0) is 37.4. The molecule has 284 valence electrons. The van der Waals surface area contributed by atoms with Gasteiger partial charge in [0, 0.05) is 63.7 Å². The van der Waals surface area contributed by atoms with Crippen molar-refractivity contribution in [3.05, 3.63) is 29.8 Å². The second-order valence-corrected chi connectivity index (χ2v) is 13.8. The minimum Gasteiger partial charge on any atom is -0.488 e. The zero-order valence-corrected chi connectivity index (χ0v) is 32.0. The minimum atomic E-state index is -1.20. The van der Waals surface area contributed by atoms with Crippen LogP contribution in [0.5, 0.6) is 5.75 Å². The number of nitriles is 1. The molecule has 1 aromatic carbocycles. The van der Waals surface area contributed by atoms with Gasteiger partial charge in [0.15, 0.2) is 0 Å². The average molecular weight is 734 g/mol. The molecule has 1 saturated heterocycles. The standard InChI is InChI=1S/C36H56N5O9P/c1-7-30(2)38(3)51(49-24-12-10-18-37)48-23-11-8-9-13-31-14-16-32(17-15-31)50-33-25-40(28-35(43)46-5)21-19-39(27-34(42)45-4)20-22-41(26-33)29-36(44)47-6/h14-17,30,33H,7-8,10-12,19-29H2,1-6H3. The minimum absolute atomic E-state index is 0.0462. The quantitative estimate of drug-likeness (QED) is 0.0675. The van der Waals surface area contributed by atoms with Gasteiger partial charge in [-0.05, 0) is 57.5 Å². The Kier molecular flexibility index (Phi) is 22.0. The highest BCUT2D eigenvalue weighted by Crippen LogP contribution is 2.43. The topological polar surface area (TPSA) is 143 Å². The molecule has 15 heteroatoms. The van der Waals surface area contributed by atoms with E-state index in [4.69, 9.17) is 33.3 Å². The maximum Gasteiger partial charge on any atom is 0.319 e. The third-order valence-electron chi connectivity index (χ3n) is 8.29. The van der Waals surface area contributed by atoms with Gasteiger partial charge < -0.3 is 28.0 Å². The summed E-state index contributed by atoms with van der Waals surface area (Å²) >= 11 is 0. The summed E-state index contributed by atoms with van der Waals surface area (Å²) in [6.07, 6.45) is 3.15. The number of nitrogens with zero attached hydrogens (tertiary/aromatic N) is 5. The third kappa shape index (κ3) is 18.1. The van der Waals surface area contributed by atoms with Gasteiger partial charge in [0.05, 0.1) is 60.2 Å². The highest BCUT2D eigenvalue weighted by atomic mass is 31.2. The SMILES string of the molecule is CCC(C)N(C)P(OCCCC#N)OCCCC#Cc1ccc(OC2CN(CC(=O)OC)CCN(CC(=O)OC)CCN(CC(=O)OC)C2)cc1. The predicted octanol–water partition coefficient (Wildman–Crippen LogP) is 3.30. The first-order valence-corrected chi connectivity index (χ1v) is 18.5. The Morgan fingerprint density at radius 2 is 1.33 bits per heavy atom. The summed E-state index contributed by atoms with van der Waals surface area (Å²) in [5.74, 6) is 5.92. The van der Waals surface area contributed by atoms with E-state index in [1.165, 1.54) is 21.3 Å². The van der Waals surface area contributed by atoms with Gasteiger partial charge in [-0.1, -0.05) is 18.8 Å². The van der Waals surface area contributed by atoms with E-state index in [1.54, 1.807) is 0 Å².